The second-order valence-corrected chi connectivity index (χ2v) is 11.3. The molecule has 0 aliphatic carbocycles. The summed E-state index contributed by atoms with van der Waals surface area (Å²) in [5, 5.41) is -2.78. The molecule has 8 aromatic carbocycles. The van der Waals surface area contributed by atoms with Gasteiger partial charge in [0.1, 0.15) is 0 Å². The number of rotatable bonds is 4. The van der Waals surface area contributed by atoms with Crippen molar-refractivity contribution in [1.82, 2.24) is 13.7 Å². The second-order valence-electron chi connectivity index (χ2n) is 11.3. The molecule has 3 aromatic heterocycles. The molecule has 3 heteroatoms. The molecular formula is C48H31N3. The van der Waals surface area contributed by atoms with Gasteiger partial charge in [0.05, 0.1) is 75.8 Å². The Kier molecular flexibility index (Phi) is 2.65. The van der Waals surface area contributed by atoms with Crippen molar-refractivity contribution in [1.29, 1.82) is 0 Å². The van der Waals surface area contributed by atoms with Crippen LogP contribution in [0.3, 0.4) is 0 Å². The van der Waals surface area contributed by atoms with Crippen LogP contribution in [0, 0.1) is 0 Å². The quantitative estimate of drug-likeness (QED) is 0.176. The third kappa shape index (κ3) is 4.06. The van der Waals surface area contributed by atoms with Gasteiger partial charge in [-0.2, -0.15) is 0 Å². The Hall–Kier alpha value is -6.84. The van der Waals surface area contributed by atoms with Crippen LogP contribution < -0.4 is 0 Å². The SMILES string of the molecule is [2H]c1c([2H])c([2H])c(-c2ccc(-n3c4c([2H])c([2H])c([2H])c([2H])c4c4c([2H])c([2H])c(-n5c6c([2H])c([2H])c([2H])c([2H])c6c6c(-n7c8c([2H])c([2H])c([2H])c([2H])c8c8c([2H])c([2H])c([2H])c([2H])c87)c([2H])c([2H])c([2H])c65)c([2H])c43)cc2)c([2H])c1[2H]. The molecule has 0 saturated heterocycles. The number of hydrogen-bond donors (Lipinski definition) is 0. The van der Waals surface area contributed by atoms with Crippen molar-refractivity contribution in [2.75, 3.05) is 0 Å². The minimum atomic E-state index is -0.990. The molecule has 11 rings (SSSR count). The number of aromatic nitrogens is 3. The minimum Gasteiger partial charge on any atom is -0.309 e. The fraction of sp³-hybridized carbons (Fsp3) is 0. The molecule has 3 heterocycles. The molecule has 0 aliphatic heterocycles. The van der Waals surface area contributed by atoms with E-state index in [0.29, 0.717) is 0 Å². The first kappa shape index (κ1) is 12.5. The lowest BCUT2D eigenvalue weighted by Gasteiger charge is -2.13. The largest absolute Gasteiger partial charge is 0.309 e. The Morgan fingerprint density at radius 3 is 1.45 bits per heavy atom. The van der Waals surface area contributed by atoms with Gasteiger partial charge in [-0.15, -0.1) is 0 Å². The Balaban J connectivity index is 1.38. The average molecular weight is 677 g/mol. The molecule has 0 fully saturated rings. The van der Waals surface area contributed by atoms with E-state index in [-0.39, 0.29) is 33.1 Å². The van der Waals surface area contributed by atoms with Gasteiger partial charge in [0, 0.05) is 43.7 Å². The summed E-state index contributed by atoms with van der Waals surface area (Å²) >= 11 is 0. The van der Waals surface area contributed by atoms with Crippen LogP contribution in [0.4, 0.5) is 0 Å². The Morgan fingerprint density at radius 1 is 0.314 bits per heavy atom. The lowest BCUT2D eigenvalue weighted by Crippen LogP contribution is -1.98. The summed E-state index contributed by atoms with van der Waals surface area (Å²) in [6, 6.07) is -16.1. The summed E-state index contributed by atoms with van der Waals surface area (Å²) in [4.78, 5) is 0. The van der Waals surface area contributed by atoms with Crippen molar-refractivity contribution in [3.05, 3.63) is 187 Å². The van der Waals surface area contributed by atoms with E-state index in [9.17, 15) is 15.1 Å². The number of nitrogens with zero attached hydrogens (tertiary/aromatic N) is 3. The minimum absolute atomic E-state index is 0.00638. The van der Waals surface area contributed by atoms with Crippen LogP contribution >= 0.6 is 0 Å². The molecule has 0 radical (unpaired) electrons. The van der Waals surface area contributed by atoms with E-state index in [1.165, 1.54) is 24.3 Å². The normalized spacial score (nSPS) is 19.3. The molecular weight excluding hydrogens is 619 g/mol. The van der Waals surface area contributed by atoms with E-state index >= 15 is 0 Å². The number of para-hydroxylation sites is 4. The lowest BCUT2D eigenvalue weighted by atomic mass is 10.1. The van der Waals surface area contributed by atoms with Gasteiger partial charge < -0.3 is 13.7 Å². The van der Waals surface area contributed by atoms with E-state index in [1.807, 2.05) is 0 Å². The third-order valence-corrected chi connectivity index (χ3v) is 8.74. The molecule has 0 N–H and O–H groups in total. The maximum Gasteiger partial charge on any atom is 0.0667 e. The Bertz CT molecular complexity index is 4580. The molecule has 0 bridgehead atoms. The van der Waals surface area contributed by atoms with Gasteiger partial charge in [0.2, 0.25) is 0 Å². The smallest absolute Gasteiger partial charge is 0.0667 e. The van der Waals surface area contributed by atoms with Crippen LogP contribution in [-0.4, -0.2) is 13.7 Å². The first-order valence-electron chi connectivity index (χ1n) is 28.8. The van der Waals surface area contributed by atoms with E-state index in [0.717, 1.165) is 13.7 Å². The number of hydrogen-bond acceptors (Lipinski definition) is 0. The van der Waals surface area contributed by atoms with Gasteiger partial charge in [-0.05, 0) is 71.6 Å². The summed E-state index contributed by atoms with van der Waals surface area (Å²) in [7, 11) is 0. The summed E-state index contributed by atoms with van der Waals surface area (Å²) in [5.41, 5.74) is -4.66. The maximum absolute atomic E-state index is 10.2. The highest BCUT2D eigenvalue weighted by molar-refractivity contribution is 6.17. The summed E-state index contributed by atoms with van der Waals surface area (Å²) in [6.45, 7) is 0. The first-order chi connectivity index (χ1) is 36.6. The van der Waals surface area contributed by atoms with Crippen LogP contribution in [0.2, 0.25) is 0 Å². The van der Waals surface area contributed by atoms with Gasteiger partial charge in [0.25, 0.3) is 0 Å². The van der Waals surface area contributed by atoms with Crippen molar-refractivity contribution in [3.8, 4) is 28.2 Å². The van der Waals surface area contributed by atoms with E-state index in [4.69, 9.17) is 21.9 Å². The van der Waals surface area contributed by atoms with E-state index in [2.05, 4.69) is 0 Å². The molecule has 0 saturated carbocycles. The van der Waals surface area contributed by atoms with Crippen LogP contribution in [-0.2, 0) is 0 Å². The van der Waals surface area contributed by atoms with Crippen LogP contribution in [0.1, 0.15) is 37.0 Å². The zero-order chi connectivity index (χ0) is 57.0. The molecule has 0 atom stereocenters. The topological polar surface area (TPSA) is 14.8 Å². The summed E-state index contributed by atoms with van der Waals surface area (Å²) in [5.74, 6) is 0. The van der Waals surface area contributed by atoms with Crippen molar-refractivity contribution in [2.24, 2.45) is 0 Å². The fourth-order valence-corrected chi connectivity index (χ4v) is 6.64. The molecule has 0 amide bonds. The standard InChI is InChI=1S/C48H31N3/c1-2-13-32(14-3-1)33-25-27-34(28-26-33)49-41-19-8-4-17-38(41)39-30-29-35(31-47(39)49)50-44-22-11-7-18-40(44)48-45(50)23-12-24-46(48)51-42-20-9-5-15-36(42)37-16-6-10-21-43(37)51/h1-31H/i1D,2D,3D,4D,5D,6D,7D,8D,9D,10D,11D,12D,13D,14D,15D,16D,17D,18D,19D,20D,21D,22D,23D,24D,29D,30D,31D. The Labute approximate surface area is 332 Å². The van der Waals surface area contributed by atoms with Crippen LogP contribution in [0.25, 0.3) is 93.6 Å². The van der Waals surface area contributed by atoms with Crippen LogP contribution in [0.15, 0.2) is 187 Å². The molecule has 0 aliphatic rings. The number of benzene rings is 8. The van der Waals surface area contributed by atoms with Gasteiger partial charge in [-0.25, -0.2) is 0 Å². The van der Waals surface area contributed by atoms with Gasteiger partial charge in [-0.1, -0.05) is 127 Å². The molecule has 0 spiro atoms. The molecule has 11 aromatic rings. The molecule has 0 unspecified atom stereocenters. The van der Waals surface area contributed by atoms with E-state index in [1.54, 1.807) is 0 Å². The van der Waals surface area contributed by atoms with Crippen LogP contribution in [0.5, 0.6) is 0 Å². The zero-order valence-corrected chi connectivity index (χ0v) is 25.7. The second kappa shape index (κ2) is 10.8. The molecule has 51 heavy (non-hydrogen) atoms. The monoisotopic (exact) mass is 676 g/mol. The highest BCUT2D eigenvalue weighted by Gasteiger charge is 2.20. The van der Waals surface area contributed by atoms with Gasteiger partial charge >= 0.3 is 0 Å². The van der Waals surface area contributed by atoms with Crippen molar-refractivity contribution in [2.45, 2.75) is 0 Å². The third-order valence-electron chi connectivity index (χ3n) is 8.74. The Morgan fingerprint density at radius 2 is 0.804 bits per heavy atom. The predicted molar refractivity (Wildman–Crippen MR) is 215 cm³/mol. The van der Waals surface area contributed by atoms with E-state index < -0.39 is 224 Å². The summed E-state index contributed by atoms with van der Waals surface area (Å²) in [6.07, 6.45) is 0. The summed E-state index contributed by atoms with van der Waals surface area (Å²) < 4.78 is 246. The van der Waals surface area contributed by atoms with Crippen molar-refractivity contribution in [3.63, 3.8) is 0 Å². The number of fused-ring (bicyclic) bond motifs is 9. The highest BCUT2D eigenvalue weighted by Crippen LogP contribution is 2.41. The van der Waals surface area contributed by atoms with Gasteiger partial charge in [0.15, 0.2) is 0 Å². The zero-order valence-electron chi connectivity index (χ0n) is 52.7. The first-order valence-corrected chi connectivity index (χ1v) is 15.3. The fourth-order valence-electron chi connectivity index (χ4n) is 6.64. The molecule has 3 nitrogen and oxygen atoms in total. The predicted octanol–water partition coefficient (Wildman–Crippen LogP) is 12.6. The average Bonchev–Trinajstić information content (AvgIpc) is 4.23. The van der Waals surface area contributed by atoms with Crippen molar-refractivity contribution < 1.29 is 37.0 Å². The lowest BCUT2D eigenvalue weighted by molar-refractivity contribution is 1.15. The molecule has 238 valence electrons. The highest BCUT2D eigenvalue weighted by atomic mass is 15.0. The van der Waals surface area contributed by atoms with Gasteiger partial charge in [-0.3, -0.25) is 0 Å². The maximum atomic E-state index is 10.2. The van der Waals surface area contributed by atoms with Crippen molar-refractivity contribution >= 4 is 65.4 Å².